The Bertz CT molecular complexity index is 3240. The molecule has 0 fully saturated rings. The molecule has 0 bridgehead atoms. The van der Waals surface area contributed by atoms with Crippen LogP contribution in [0.2, 0.25) is 0 Å². The van der Waals surface area contributed by atoms with Gasteiger partial charge >= 0.3 is 0 Å². The molecule has 262 valence electrons. The van der Waals surface area contributed by atoms with Gasteiger partial charge in [0, 0.05) is 32.8 Å². The first-order valence-electron chi connectivity index (χ1n) is 18.8. The van der Waals surface area contributed by atoms with Crippen molar-refractivity contribution in [2.45, 2.75) is 0 Å². The number of benzene rings is 8. The van der Waals surface area contributed by atoms with Crippen LogP contribution in [0.15, 0.2) is 199 Å². The zero-order chi connectivity index (χ0) is 37.0. The van der Waals surface area contributed by atoms with Crippen LogP contribution < -0.4 is 0 Å². The number of para-hydroxylation sites is 1. The Kier molecular flexibility index (Phi) is 7.42. The van der Waals surface area contributed by atoms with Crippen molar-refractivity contribution in [1.29, 1.82) is 0 Å². The van der Waals surface area contributed by atoms with Gasteiger partial charge in [0.15, 0.2) is 17.5 Å². The van der Waals surface area contributed by atoms with E-state index in [1.165, 1.54) is 21.9 Å². The Labute approximate surface area is 322 Å². The minimum absolute atomic E-state index is 0.581. The Morgan fingerprint density at radius 1 is 0.321 bits per heavy atom. The van der Waals surface area contributed by atoms with Crippen LogP contribution in [0.25, 0.3) is 106 Å². The summed E-state index contributed by atoms with van der Waals surface area (Å²) >= 11 is 0. The summed E-state index contributed by atoms with van der Waals surface area (Å²) in [5.41, 5.74) is 12.2. The third-order valence-corrected chi connectivity index (χ3v) is 10.7. The van der Waals surface area contributed by atoms with Crippen LogP contribution in [-0.2, 0) is 0 Å². The van der Waals surface area contributed by atoms with E-state index < -0.39 is 0 Å². The molecule has 5 heteroatoms. The van der Waals surface area contributed by atoms with Crippen LogP contribution in [0.1, 0.15) is 0 Å². The lowest BCUT2D eigenvalue weighted by atomic mass is 10.0. The predicted molar refractivity (Wildman–Crippen MR) is 229 cm³/mol. The topological polar surface area (TPSA) is 56.7 Å². The van der Waals surface area contributed by atoms with Crippen molar-refractivity contribution in [3.63, 3.8) is 0 Å². The highest BCUT2D eigenvalue weighted by Crippen LogP contribution is 2.40. The van der Waals surface area contributed by atoms with Gasteiger partial charge in [0.25, 0.3) is 0 Å². The Hall–Kier alpha value is -7.63. The molecule has 3 aromatic heterocycles. The van der Waals surface area contributed by atoms with Gasteiger partial charge in [-0.2, -0.15) is 0 Å². The van der Waals surface area contributed by atoms with Crippen LogP contribution in [-0.4, -0.2) is 19.5 Å². The summed E-state index contributed by atoms with van der Waals surface area (Å²) < 4.78 is 9.07. The highest BCUT2D eigenvalue weighted by atomic mass is 16.3. The maximum absolute atomic E-state index is 6.68. The second-order valence-electron chi connectivity index (χ2n) is 14.0. The number of aromatic nitrogens is 4. The molecule has 8 aromatic carbocycles. The summed E-state index contributed by atoms with van der Waals surface area (Å²) in [6, 6.07) is 67.4. The zero-order valence-corrected chi connectivity index (χ0v) is 30.2. The predicted octanol–water partition coefficient (Wildman–Crippen LogP) is 13.2. The molecule has 0 radical (unpaired) electrons. The molecule has 0 saturated heterocycles. The number of nitrogens with zero attached hydrogens (tertiary/aromatic N) is 4. The Balaban J connectivity index is 1.08. The van der Waals surface area contributed by atoms with Crippen LogP contribution in [0, 0.1) is 0 Å². The molecule has 0 aliphatic heterocycles. The van der Waals surface area contributed by atoms with E-state index in [4.69, 9.17) is 19.4 Å². The molecule has 0 spiro atoms. The van der Waals surface area contributed by atoms with E-state index in [1.807, 2.05) is 36.4 Å². The van der Waals surface area contributed by atoms with Crippen LogP contribution in [0.5, 0.6) is 0 Å². The van der Waals surface area contributed by atoms with Crippen molar-refractivity contribution in [3.8, 4) is 62.1 Å². The van der Waals surface area contributed by atoms with Gasteiger partial charge in [-0.05, 0) is 64.7 Å². The highest BCUT2D eigenvalue weighted by molar-refractivity contribution is 6.15. The monoisotopic (exact) mass is 716 g/mol. The molecular weight excluding hydrogens is 685 g/mol. The summed E-state index contributed by atoms with van der Waals surface area (Å²) in [7, 11) is 0. The van der Waals surface area contributed by atoms with E-state index in [0.717, 1.165) is 66.5 Å². The van der Waals surface area contributed by atoms with Crippen molar-refractivity contribution in [1.82, 2.24) is 19.5 Å². The second-order valence-corrected chi connectivity index (χ2v) is 14.0. The minimum atomic E-state index is 0.581. The standard InChI is InChI=1S/C51H32N4O/c1-4-14-33(15-5-1)36-20-12-21-38(30-36)50-52-49(35-18-8-3-9-19-35)53-51(54-50)39-27-29-42-47(32-39)56-46-25-13-24-44(48(42)46)55-43-23-11-10-22-40(43)41-28-26-37(31-45(41)55)34-16-6-2-7-17-34/h1-32H. The van der Waals surface area contributed by atoms with E-state index in [0.29, 0.717) is 17.5 Å². The summed E-state index contributed by atoms with van der Waals surface area (Å²) in [5.74, 6) is 1.81. The molecule has 11 rings (SSSR count). The molecule has 5 nitrogen and oxygen atoms in total. The van der Waals surface area contributed by atoms with E-state index in [2.05, 4.69) is 162 Å². The number of rotatable bonds is 6. The van der Waals surface area contributed by atoms with Gasteiger partial charge in [0.2, 0.25) is 0 Å². The number of fused-ring (bicyclic) bond motifs is 6. The van der Waals surface area contributed by atoms with Gasteiger partial charge in [0.1, 0.15) is 11.2 Å². The summed E-state index contributed by atoms with van der Waals surface area (Å²) in [4.78, 5) is 15.1. The van der Waals surface area contributed by atoms with Crippen molar-refractivity contribution in [3.05, 3.63) is 194 Å². The molecule has 56 heavy (non-hydrogen) atoms. The maximum atomic E-state index is 6.68. The molecule has 0 aliphatic rings. The minimum Gasteiger partial charge on any atom is -0.456 e. The van der Waals surface area contributed by atoms with Crippen LogP contribution >= 0.6 is 0 Å². The molecule has 0 atom stereocenters. The van der Waals surface area contributed by atoms with Gasteiger partial charge in [-0.25, -0.2) is 15.0 Å². The average molecular weight is 717 g/mol. The molecule has 3 heterocycles. The van der Waals surface area contributed by atoms with Crippen molar-refractivity contribution in [2.75, 3.05) is 0 Å². The molecule has 0 saturated carbocycles. The van der Waals surface area contributed by atoms with E-state index in [9.17, 15) is 0 Å². The second kappa shape index (κ2) is 13.0. The van der Waals surface area contributed by atoms with Crippen molar-refractivity contribution >= 4 is 43.7 Å². The quantitative estimate of drug-likeness (QED) is 0.172. The summed E-state index contributed by atoms with van der Waals surface area (Å²) in [6.45, 7) is 0. The first-order valence-corrected chi connectivity index (χ1v) is 18.8. The fraction of sp³-hybridized carbons (Fsp3) is 0. The van der Waals surface area contributed by atoms with E-state index >= 15 is 0 Å². The highest BCUT2D eigenvalue weighted by Gasteiger charge is 2.20. The Morgan fingerprint density at radius 3 is 1.57 bits per heavy atom. The lowest BCUT2D eigenvalue weighted by molar-refractivity contribution is 0.669. The lowest BCUT2D eigenvalue weighted by Crippen LogP contribution is -2.00. The van der Waals surface area contributed by atoms with Gasteiger partial charge in [-0.1, -0.05) is 152 Å². The smallest absolute Gasteiger partial charge is 0.164 e. The van der Waals surface area contributed by atoms with Crippen LogP contribution in [0.4, 0.5) is 0 Å². The SMILES string of the molecule is c1ccc(-c2cccc(-c3nc(-c4ccccc4)nc(-c4ccc5c(c4)oc4cccc(-n6c7ccccc7c7ccc(-c8ccccc8)cc76)c45)n3)c2)cc1. The largest absolute Gasteiger partial charge is 0.456 e. The molecule has 0 amide bonds. The van der Waals surface area contributed by atoms with Crippen molar-refractivity contribution < 1.29 is 4.42 Å². The van der Waals surface area contributed by atoms with E-state index in [1.54, 1.807) is 0 Å². The third kappa shape index (κ3) is 5.37. The number of hydrogen-bond acceptors (Lipinski definition) is 4. The molecule has 11 aromatic rings. The van der Waals surface area contributed by atoms with Crippen LogP contribution in [0.3, 0.4) is 0 Å². The zero-order valence-electron chi connectivity index (χ0n) is 30.2. The average Bonchev–Trinajstić information content (AvgIpc) is 3.82. The summed E-state index contributed by atoms with van der Waals surface area (Å²) in [6.07, 6.45) is 0. The normalized spacial score (nSPS) is 11.6. The third-order valence-electron chi connectivity index (χ3n) is 10.7. The molecular formula is C51H32N4O. The molecule has 0 aliphatic carbocycles. The number of furan rings is 1. The Morgan fingerprint density at radius 2 is 0.839 bits per heavy atom. The molecule has 0 unspecified atom stereocenters. The van der Waals surface area contributed by atoms with Gasteiger partial charge < -0.3 is 8.98 Å². The maximum Gasteiger partial charge on any atom is 0.164 e. The fourth-order valence-corrected chi connectivity index (χ4v) is 7.99. The van der Waals surface area contributed by atoms with Gasteiger partial charge in [0.05, 0.1) is 22.1 Å². The first kappa shape index (κ1) is 31.9. The lowest BCUT2D eigenvalue weighted by Gasteiger charge is -2.11. The molecule has 0 N–H and O–H groups in total. The van der Waals surface area contributed by atoms with E-state index in [-0.39, 0.29) is 0 Å². The first-order chi connectivity index (χ1) is 27.7. The fourth-order valence-electron chi connectivity index (χ4n) is 7.99. The number of hydrogen-bond donors (Lipinski definition) is 0. The summed E-state index contributed by atoms with van der Waals surface area (Å²) in [5, 5.41) is 4.50. The van der Waals surface area contributed by atoms with Gasteiger partial charge in [-0.3, -0.25) is 0 Å². The van der Waals surface area contributed by atoms with Crippen molar-refractivity contribution in [2.24, 2.45) is 0 Å². The van der Waals surface area contributed by atoms with Gasteiger partial charge in [-0.15, -0.1) is 0 Å².